The minimum absolute atomic E-state index is 0.0106. The van der Waals surface area contributed by atoms with Crippen molar-refractivity contribution < 1.29 is 14.3 Å². The van der Waals surface area contributed by atoms with Gasteiger partial charge in [0.1, 0.15) is 11.6 Å². The van der Waals surface area contributed by atoms with Gasteiger partial charge in [-0.25, -0.2) is 0 Å². The second-order valence-electron chi connectivity index (χ2n) is 5.67. The van der Waals surface area contributed by atoms with Crippen LogP contribution in [0.3, 0.4) is 0 Å². The van der Waals surface area contributed by atoms with E-state index in [1.807, 2.05) is 31.2 Å². The molecule has 0 bridgehead atoms. The van der Waals surface area contributed by atoms with Crippen molar-refractivity contribution in [2.24, 2.45) is 0 Å². The van der Waals surface area contributed by atoms with E-state index in [2.05, 4.69) is 15.5 Å². The first-order valence-corrected chi connectivity index (χ1v) is 8.37. The Hall–Kier alpha value is -2.32. The number of anilines is 2. The van der Waals surface area contributed by atoms with E-state index >= 15 is 0 Å². The number of carbonyl (C=O) groups excluding carboxylic acids is 2. The summed E-state index contributed by atoms with van der Waals surface area (Å²) in [7, 11) is 1.45. The number of rotatable bonds is 5. The standard InChI is InChI=1S/C16H18N4O3S/c1-10-4-3-5-12(6-10)20-8-11(7-14(20)22)15-18-19-16(24-15)17-13(21)9-23-2/h3-6,11H,7-9H2,1-2H3,(H,17,19,21). The molecule has 2 aromatic rings. The first-order valence-electron chi connectivity index (χ1n) is 7.56. The van der Waals surface area contributed by atoms with Crippen LogP contribution in [0.5, 0.6) is 0 Å². The zero-order valence-corrected chi connectivity index (χ0v) is 14.3. The van der Waals surface area contributed by atoms with Gasteiger partial charge < -0.3 is 9.64 Å². The molecule has 1 aliphatic rings. The quantitative estimate of drug-likeness (QED) is 0.894. The summed E-state index contributed by atoms with van der Waals surface area (Å²) < 4.78 is 4.76. The molecule has 1 N–H and O–H groups in total. The molecule has 24 heavy (non-hydrogen) atoms. The van der Waals surface area contributed by atoms with Gasteiger partial charge in [0.25, 0.3) is 5.91 Å². The molecule has 0 aliphatic carbocycles. The molecule has 1 aliphatic heterocycles. The molecule has 3 rings (SSSR count). The predicted octanol–water partition coefficient (Wildman–Crippen LogP) is 1.95. The Morgan fingerprint density at radius 3 is 3.04 bits per heavy atom. The molecule has 1 aromatic carbocycles. The molecule has 1 saturated heterocycles. The molecule has 7 nitrogen and oxygen atoms in total. The van der Waals surface area contributed by atoms with Gasteiger partial charge in [-0.1, -0.05) is 23.5 Å². The number of hydrogen-bond donors (Lipinski definition) is 1. The first kappa shape index (κ1) is 16.5. The van der Waals surface area contributed by atoms with E-state index in [4.69, 9.17) is 4.74 Å². The minimum atomic E-state index is -0.274. The van der Waals surface area contributed by atoms with E-state index in [0.717, 1.165) is 16.3 Å². The smallest absolute Gasteiger partial charge is 0.252 e. The number of nitrogens with zero attached hydrogens (tertiary/aromatic N) is 3. The number of nitrogens with one attached hydrogen (secondary N) is 1. The fourth-order valence-electron chi connectivity index (χ4n) is 2.65. The van der Waals surface area contributed by atoms with Crippen LogP contribution in [0.1, 0.15) is 22.9 Å². The molecular weight excluding hydrogens is 328 g/mol. The van der Waals surface area contributed by atoms with Crippen molar-refractivity contribution in [3.05, 3.63) is 34.8 Å². The van der Waals surface area contributed by atoms with Gasteiger partial charge in [0.05, 0.1) is 0 Å². The maximum Gasteiger partial charge on any atom is 0.252 e. The van der Waals surface area contributed by atoms with Gasteiger partial charge in [-0.05, 0) is 24.6 Å². The molecule has 1 fully saturated rings. The Kier molecular flexibility index (Phi) is 4.86. The van der Waals surface area contributed by atoms with Crippen molar-refractivity contribution in [3.63, 3.8) is 0 Å². The van der Waals surface area contributed by atoms with Crippen LogP contribution in [0.2, 0.25) is 0 Å². The molecule has 0 saturated carbocycles. The normalized spacial score (nSPS) is 17.3. The molecule has 8 heteroatoms. The molecule has 2 heterocycles. The van der Waals surface area contributed by atoms with Crippen LogP contribution in [-0.4, -0.2) is 42.3 Å². The summed E-state index contributed by atoms with van der Waals surface area (Å²) in [5, 5.41) is 11.9. The third kappa shape index (κ3) is 3.60. The SMILES string of the molecule is COCC(=O)Nc1nnc(C2CC(=O)N(c3cccc(C)c3)C2)s1. The Morgan fingerprint density at radius 2 is 2.29 bits per heavy atom. The highest BCUT2D eigenvalue weighted by molar-refractivity contribution is 7.15. The van der Waals surface area contributed by atoms with Crippen molar-refractivity contribution in [1.82, 2.24) is 10.2 Å². The summed E-state index contributed by atoms with van der Waals surface area (Å²) in [6.45, 7) is 2.54. The van der Waals surface area contributed by atoms with Gasteiger partial charge in [-0.3, -0.25) is 14.9 Å². The van der Waals surface area contributed by atoms with Crippen molar-refractivity contribution in [2.45, 2.75) is 19.3 Å². The Morgan fingerprint density at radius 1 is 1.46 bits per heavy atom. The molecule has 126 valence electrons. The van der Waals surface area contributed by atoms with Crippen molar-refractivity contribution in [3.8, 4) is 0 Å². The van der Waals surface area contributed by atoms with Crippen LogP contribution in [0.15, 0.2) is 24.3 Å². The van der Waals surface area contributed by atoms with E-state index < -0.39 is 0 Å². The molecule has 2 amide bonds. The lowest BCUT2D eigenvalue weighted by Gasteiger charge is -2.16. The lowest BCUT2D eigenvalue weighted by Crippen LogP contribution is -2.24. The molecule has 0 spiro atoms. The van der Waals surface area contributed by atoms with Crippen molar-refractivity contribution in [1.29, 1.82) is 0 Å². The predicted molar refractivity (Wildman–Crippen MR) is 91.3 cm³/mol. The van der Waals surface area contributed by atoms with Crippen molar-refractivity contribution >= 4 is 34.0 Å². The van der Waals surface area contributed by atoms with Gasteiger partial charge in [0.15, 0.2) is 0 Å². The molecular formula is C16H18N4O3S. The van der Waals surface area contributed by atoms with Crippen LogP contribution < -0.4 is 10.2 Å². The lowest BCUT2D eigenvalue weighted by atomic mass is 10.1. The summed E-state index contributed by atoms with van der Waals surface area (Å²) in [5.74, 6) is -0.210. The number of carbonyl (C=O) groups is 2. The zero-order valence-electron chi connectivity index (χ0n) is 13.5. The number of benzene rings is 1. The first-order chi connectivity index (χ1) is 11.6. The van der Waals surface area contributed by atoms with Crippen molar-refractivity contribution in [2.75, 3.05) is 30.5 Å². The van der Waals surface area contributed by atoms with E-state index in [1.54, 1.807) is 4.90 Å². The Bertz CT molecular complexity index is 761. The summed E-state index contributed by atoms with van der Waals surface area (Å²) in [4.78, 5) is 25.6. The van der Waals surface area contributed by atoms with Gasteiger partial charge in [-0.2, -0.15) is 0 Å². The fraction of sp³-hybridized carbons (Fsp3) is 0.375. The number of aromatic nitrogens is 2. The fourth-order valence-corrected chi connectivity index (χ4v) is 3.51. The summed E-state index contributed by atoms with van der Waals surface area (Å²) >= 11 is 1.30. The molecule has 1 atom stereocenters. The van der Waals surface area contributed by atoms with Crippen LogP contribution >= 0.6 is 11.3 Å². The van der Waals surface area contributed by atoms with Gasteiger partial charge in [0.2, 0.25) is 11.0 Å². The third-order valence-electron chi connectivity index (χ3n) is 3.75. The van der Waals surface area contributed by atoms with Gasteiger partial charge >= 0.3 is 0 Å². The molecule has 1 unspecified atom stereocenters. The summed E-state index contributed by atoms with van der Waals surface area (Å²) in [6, 6.07) is 7.88. The summed E-state index contributed by atoms with van der Waals surface area (Å²) in [6.07, 6.45) is 0.397. The maximum absolute atomic E-state index is 12.3. The van der Waals surface area contributed by atoms with E-state index in [9.17, 15) is 9.59 Å². The summed E-state index contributed by atoms with van der Waals surface area (Å²) in [5.41, 5.74) is 2.02. The monoisotopic (exact) mass is 346 g/mol. The highest BCUT2D eigenvalue weighted by Gasteiger charge is 2.34. The topological polar surface area (TPSA) is 84.4 Å². The van der Waals surface area contributed by atoms with E-state index in [0.29, 0.717) is 18.1 Å². The van der Waals surface area contributed by atoms with Gasteiger partial charge in [0, 0.05) is 31.7 Å². The van der Waals surface area contributed by atoms with E-state index in [-0.39, 0.29) is 24.3 Å². The number of methoxy groups -OCH3 is 1. The maximum atomic E-state index is 12.3. The zero-order chi connectivity index (χ0) is 17.1. The molecule has 1 aromatic heterocycles. The van der Waals surface area contributed by atoms with Crippen LogP contribution in [0.4, 0.5) is 10.8 Å². The number of aryl methyl sites for hydroxylation is 1. The minimum Gasteiger partial charge on any atom is -0.375 e. The average Bonchev–Trinajstić information content (AvgIpc) is 3.14. The van der Waals surface area contributed by atoms with Crippen LogP contribution in [0, 0.1) is 6.92 Å². The highest BCUT2D eigenvalue weighted by atomic mass is 32.1. The van der Waals surface area contributed by atoms with E-state index in [1.165, 1.54) is 18.4 Å². The second-order valence-corrected chi connectivity index (χ2v) is 6.68. The highest BCUT2D eigenvalue weighted by Crippen LogP contribution is 2.34. The van der Waals surface area contributed by atoms with Crippen LogP contribution in [-0.2, 0) is 14.3 Å². The second kappa shape index (κ2) is 7.06. The van der Waals surface area contributed by atoms with Crippen LogP contribution in [0.25, 0.3) is 0 Å². The molecule has 0 radical (unpaired) electrons. The average molecular weight is 346 g/mol. The van der Waals surface area contributed by atoms with Gasteiger partial charge in [-0.15, -0.1) is 10.2 Å². The number of ether oxygens (including phenoxy) is 1. The largest absolute Gasteiger partial charge is 0.375 e. The third-order valence-corrected chi connectivity index (χ3v) is 4.75. The number of amides is 2. The number of hydrogen-bond acceptors (Lipinski definition) is 6. The lowest BCUT2D eigenvalue weighted by molar-refractivity contribution is -0.119. The Balaban J connectivity index is 1.70. The Labute approximate surface area is 143 Å².